The number of amides is 1. The van der Waals surface area contributed by atoms with E-state index in [1.54, 1.807) is 18.2 Å². The first-order valence-corrected chi connectivity index (χ1v) is 7.63. The van der Waals surface area contributed by atoms with E-state index >= 15 is 0 Å². The number of hydrogen-bond donors (Lipinski definition) is 1. The third-order valence-corrected chi connectivity index (χ3v) is 3.74. The molecule has 0 fully saturated rings. The zero-order valence-electron chi connectivity index (χ0n) is 12.1. The summed E-state index contributed by atoms with van der Waals surface area (Å²) in [6.07, 6.45) is 2.99. The summed E-state index contributed by atoms with van der Waals surface area (Å²) >= 11 is 11.8. The summed E-state index contributed by atoms with van der Waals surface area (Å²) in [5.41, 5.74) is 1.18. The van der Waals surface area contributed by atoms with Crippen LogP contribution in [0.4, 0.5) is 10.1 Å². The van der Waals surface area contributed by atoms with Crippen LogP contribution in [0.2, 0.25) is 10.2 Å². The van der Waals surface area contributed by atoms with E-state index < -0.39 is 11.7 Å². The molecule has 1 N–H and O–H groups in total. The maximum absolute atomic E-state index is 14.4. The van der Waals surface area contributed by atoms with E-state index in [4.69, 9.17) is 23.2 Å². The normalized spacial score (nSPS) is 10.5. The Morgan fingerprint density at radius 1 is 1.04 bits per heavy atom. The SMILES string of the molecule is O=C(Nc1ccnc(Cl)c1)c1ccc(-c2ncccc2Cl)c(F)c1. The summed E-state index contributed by atoms with van der Waals surface area (Å²) in [6.45, 7) is 0. The fourth-order valence-electron chi connectivity index (χ4n) is 2.12. The zero-order chi connectivity index (χ0) is 17.1. The Kier molecular flexibility index (Phi) is 4.74. The van der Waals surface area contributed by atoms with Gasteiger partial charge in [-0.15, -0.1) is 0 Å². The first kappa shape index (κ1) is 16.4. The zero-order valence-corrected chi connectivity index (χ0v) is 13.6. The van der Waals surface area contributed by atoms with Gasteiger partial charge in [0, 0.05) is 29.2 Å². The molecule has 0 saturated heterocycles. The van der Waals surface area contributed by atoms with Gasteiger partial charge in [-0.2, -0.15) is 0 Å². The van der Waals surface area contributed by atoms with Crippen molar-refractivity contribution < 1.29 is 9.18 Å². The molecule has 120 valence electrons. The van der Waals surface area contributed by atoms with Crippen LogP contribution in [0.25, 0.3) is 11.3 Å². The maximum Gasteiger partial charge on any atom is 0.255 e. The number of carbonyl (C=O) groups excluding carboxylic acids is 1. The molecule has 0 unspecified atom stereocenters. The molecular formula is C17H10Cl2FN3O. The molecule has 3 rings (SSSR count). The van der Waals surface area contributed by atoms with Crippen LogP contribution in [0.1, 0.15) is 10.4 Å². The minimum absolute atomic E-state index is 0.163. The van der Waals surface area contributed by atoms with Crippen LogP contribution in [-0.2, 0) is 0 Å². The fraction of sp³-hybridized carbons (Fsp3) is 0. The smallest absolute Gasteiger partial charge is 0.255 e. The van der Waals surface area contributed by atoms with Crippen LogP contribution in [0, 0.1) is 5.82 Å². The van der Waals surface area contributed by atoms with Gasteiger partial charge in [-0.1, -0.05) is 23.2 Å². The minimum Gasteiger partial charge on any atom is -0.322 e. The van der Waals surface area contributed by atoms with Crippen molar-refractivity contribution in [1.29, 1.82) is 0 Å². The van der Waals surface area contributed by atoms with Crippen molar-refractivity contribution in [1.82, 2.24) is 9.97 Å². The van der Waals surface area contributed by atoms with Crippen LogP contribution in [-0.4, -0.2) is 15.9 Å². The molecule has 1 aromatic carbocycles. The van der Waals surface area contributed by atoms with Crippen molar-refractivity contribution in [3.05, 3.63) is 76.4 Å². The molecule has 0 atom stereocenters. The van der Waals surface area contributed by atoms with Crippen molar-refractivity contribution in [2.24, 2.45) is 0 Å². The molecule has 7 heteroatoms. The Labute approximate surface area is 147 Å². The van der Waals surface area contributed by atoms with Gasteiger partial charge in [0.05, 0.1) is 10.7 Å². The third-order valence-electron chi connectivity index (χ3n) is 3.23. The van der Waals surface area contributed by atoms with Gasteiger partial charge in [0.25, 0.3) is 5.91 Å². The van der Waals surface area contributed by atoms with Gasteiger partial charge in [0.15, 0.2) is 0 Å². The minimum atomic E-state index is -0.587. The lowest BCUT2D eigenvalue weighted by Crippen LogP contribution is -2.12. The summed E-state index contributed by atoms with van der Waals surface area (Å²) in [4.78, 5) is 20.1. The number of nitrogens with one attached hydrogen (secondary N) is 1. The number of carbonyl (C=O) groups is 1. The van der Waals surface area contributed by atoms with Gasteiger partial charge < -0.3 is 5.32 Å². The van der Waals surface area contributed by atoms with Gasteiger partial charge in [0.1, 0.15) is 11.0 Å². The quantitative estimate of drug-likeness (QED) is 0.679. The Morgan fingerprint density at radius 3 is 2.58 bits per heavy atom. The van der Waals surface area contributed by atoms with Gasteiger partial charge in [0.2, 0.25) is 0 Å². The van der Waals surface area contributed by atoms with Crippen molar-refractivity contribution in [3.63, 3.8) is 0 Å². The Bertz CT molecular complexity index is 918. The summed E-state index contributed by atoms with van der Waals surface area (Å²) in [7, 11) is 0. The van der Waals surface area contributed by atoms with E-state index in [0.29, 0.717) is 16.4 Å². The Hall–Kier alpha value is -2.50. The highest BCUT2D eigenvalue weighted by molar-refractivity contribution is 6.33. The predicted molar refractivity (Wildman–Crippen MR) is 91.8 cm³/mol. The van der Waals surface area contributed by atoms with Crippen molar-refractivity contribution in [2.45, 2.75) is 0 Å². The molecule has 1 amide bonds. The molecule has 0 aliphatic heterocycles. The second-order valence-electron chi connectivity index (χ2n) is 4.85. The number of hydrogen-bond acceptors (Lipinski definition) is 3. The first-order chi connectivity index (χ1) is 11.5. The molecule has 0 spiro atoms. The van der Waals surface area contributed by atoms with Crippen LogP contribution < -0.4 is 5.32 Å². The fourth-order valence-corrected chi connectivity index (χ4v) is 2.51. The van der Waals surface area contributed by atoms with E-state index in [9.17, 15) is 9.18 Å². The van der Waals surface area contributed by atoms with Crippen LogP contribution in [0.5, 0.6) is 0 Å². The van der Waals surface area contributed by atoms with Crippen molar-refractivity contribution in [2.75, 3.05) is 5.32 Å². The highest BCUT2D eigenvalue weighted by atomic mass is 35.5. The monoisotopic (exact) mass is 361 g/mol. The van der Waals surface area contributed by atoms with E-state index in [1.165, 1.54) is 30.6 Å². The number of anilines is 1. The molecular weight excluding hydrogens is 352 g/mol. The molecule has 4 nitrogen and oxygen atoms in total. The summed E-state index contributed by atoms with van der Waals surface area (Å²) in [5.74, 6) is -1.05. The lowest BCUT2D eigenvalue weighted by atomic mass is 10.1. The summed E-state index contributed by atoms with van der Waals surface area (Å²) in [6, 6.07) is 10.5. The molecule has 2 aromatic heterocycles. The van der Waals surface area contributed by atoms with Crippen LogP contribution in [0.3, 0.4) is 0 Å². The second kappa shape index (κ2) is 6.95. The Balaban J connectivity index is 1.87. The number of pyridine rings is 2. The average molecular weight is 362 g/mol. The highest BCUT2D eigenvalue weighted by Gasteiger charge is 2.14. The molecule has 0 bridgehead atoms. The number of benzene rings is 1. The van der Waals surface area contributed by atoms with Crippen LogP contribution in [0.15, 0.2) is 54.9 Å². The highest BCUT2D eigenvalue weighted by Crippen LogP contribution is 2.28. The maximum atomic E-state index is 14.4. The molecule has 2 heterocycles. The van der Waals surface area contributed by atoms with Gasteiger partial charge in [-0.3, -0.25) is 9.78 Å². The van der Waals surface area contributed by atoms with E-state index in [2.05, 4.69) is 15.3 Å². The molecule has 3 aromatic rings. The molecule has 24 heavy (non-hydrogen) atoms. The average Bonchev–Trinajstić information content (AvgIpc) is 2.55. The third kappa shape index (κ3) is 3.53. The lowest BCUT2D eigenvalue weighted by molar-refractivity contribution is 0.102. The van der Waals surface area contributed by atoms with E-state index in [1.807, 2.05) is 0 Å². The Morgan fingerprint density at radius 2 is 1.88 bits per heavy atom. The molecule has 0 aliphatic carbocycles. The molecule has 0 aliphatic rings. The number of nitrogens with zero attached hydrogens (tertiary/aromatic N) is 2. The predicted octanol–water partition coefficient (Wildman–Crippen LogP) is 4.84. The number of halogens is 3. The van der Waals surface area contributed by atoms with Crippen molar-refractivity contribution >= 4 is 34.8 Å². The largest absolute Gasteiger partial charge is 0.322 e. The summed E-state index contributed by atoms with van der Waals surface area (Å²) in [5, 5.41) is 3.21. The standard InChI is InChI=1S/C17H10Cl2FN3O/c18-13-2-1-6-22-16(13)12-4-3-10(8-14(12)20)17(24)23-11-5-7-21-15(19)9-11/h1-9H,(H,21,23,24). The van der Waals surface area contributed by atoms with Gasteiger partial charge in [-0.25, -0.2) is 9.37 Å². The van der Waals surface area contributed by atoms with E-state index in [0.717, 1.165) is 6.07 Å². The lowest BCUT2D eigenvalue weighted by Gasteiger charge is -2.08. The summed E-state index contributed by atoms with van der Waals surface area (Å²) < 4.78 is 14.4. The first-order valence-electron chi connectivity index (χ1n) is 6.88. The van der Waals surface area contributed by atoms with E-state index in [-0.39, 0.29) is 16.3 Å². The topological polar surface area (TPSA) is 54.9 Å². The molecule has 0 radical (unpaired) electrons. The van der Waals surface area contributed by atoms with Gasteiger partial charge in [-0.05, 0) is 42.5 Å². The molecule has 0 saturated carbocycles. The van der Waals surface area contributed by atoms with Crippen molar-refractivity contribution in [3.8, 4) is 11.3 Å². The number of rotatable bonds is 3. The second-order valence-corrected chi connectivity index (χ2v) is 5.64. The number of aromatic nitrogens is 2. The van der Waals surface area contributed by atoms with Crippen LogP contribution >= 0.6 is 23.2 Å². The van der Waals surface area contributed by atoms with Gasteiger partial charge >= 0.3 is 0 Å².